The van der Waals surface area contributed by atoms with Crippen molar-refractivity contribution >= 4 is 41.3 Å². The van der Waals surface area contributed by atoms with Gasteiger partial charge in [0.05, 0.1) is 29.6 Å². The number of anilines is 1. The first-order chi connectivity index (χ1) is 18.9. The van der Waals surface area contributed by atoms with Gasteiger partial charge >= 0.3 is 5.97 Å². The normalized spacial score (nSPS) is 10.6. The Labute approximate surface area is 230 Å². The minimum absolute atomic E-state index is 0.237. The predicted octanol–water partition coefficient (Wildman–Crippen LogP) is 5.97. The fourth-order valence-corrected chi connectivity index (χ4v) is 3.63. The highest BCUT2D eigenvalue weighted by Gasteiger charge is 2.15. The van der Waals surface area contributed by atoms with E-state index in [2.05, 4.69) is 15.8 Å². The minimum atomic E-state index is -0.556. The highest BCUT2D eigenvalue weighted by molar-refractivity contribution is 6.30. The fraction of sp³-hybridized carbons (Fsp3) is 0.0667. The maximum Gasteiger partial charge on any atom is 0.343 e. The van der Waals surface area contributed by atoms with E-state index in [4.69, 9.17) is 21.1 Å². The molecule has 0 heterocycles. The van der Waals surface area contributed by atoms with Crippen LogP contribution in [0, 0.1) is 0 Å². The lowest BCUT2D eigenvalue weighted by atomic mass is 10.1. The number of hydrogen-bond donors (Lipinski definition) is 2. The number of esters is 1. The van der Waals surface area contributed by atoms with E-state index in [1.807, 2.05) is 6.07 Å². The second-order valence-corrected chi connectivity index (χ2v) is 8.54. The smallest absolute Gasteiger partial charge is 0.343 e. The van der Waals surface area contributed by atoms with Gasteiger partial charge in [-0.15, -0.1) is 0 Å². The summed E-state index contributed by atoms with van der Waals surface area (Å²) >= 11 is 5.88. The van der Waals surface area contributed by atoms with E-state index in [-0.39, 0.29) is 17.2 Å². The molecule has 0 atom stereocenters. The molecule has 0 aliphatic rings. The van der Waals surface area contributed by atoms with Gasteiger partial charge in [-0.3, -0.25) is 9.59 Å². The third-order valence-corrected chi connectivity index (χ3v) is 5.64. The number of amides is 2. The van der Waals surface area contributed by atoms with Gasteiger partial charge in [0.25, 0.3) is 11.8 Å². The van der Waals surface area contributed by atoms with Crippen molar-refractivity contribution in [3.05, 3.63) is 124 Å². The number of hydrogen-bond acceptors (Lipinski definition) is 6. The molecule has 39 heavy (non-hydrogen) atoms. The van der Waals surface area contributed by atoms with Crippen LogP contribution in [0.3, 0.4) is 0 Å². The van der Waals surface area contributed by atoms with Crippen molar-refractivity contribution in [1.29, 1.82) is 0 Å². The average Bonchev–Trinajstić information content (AvgIpc) is 2.95. The molecule has 0 spiro atoms. The zero-order valence-electron chi connectivity index (χ0n) is 20.9. The van der Waals surface area contributed by atoms with E-state index in [0.717, 1.165) is 0 Å². The molecular weight excluding hydrogens is 518 g/mol. The first kappa shape index (κ1) is 27.1. The van der Waals surface area contributed by atoms with Crippen molar-refractivity contribution in [2.75, 3.05) is 11.9 Å². The molecule has 196 valence electrons. The van der Waals surface area contributed by atoms with Crippen molar-refractivity contribution in [3.8, 4) is 11.5 Å². The van der Waals surface area contributed by atoms with E-state index >= 15 is 0 Å². The standard InChI is InChI=1S/C30H24ClN3O5/c1-2-38-27-18-20(12-17-26(27)39-30(37)22-13-15-23(31)16-14-22)19-32-34-29(36)24-10-6-7-11-25(24)33-28(35)21-8-4-3-5-9-21/h3-19H,2H2,1H3,(H,33,35)(H,34,36)/b32-19-. The Balaban J connectivity index is 1.43. The molecule has 0 fully saturated rings. The van der Waals surface area contributed by atoms with Gasteiger partial charge in [-0.05, 0) is 79.2 Å². The van der Waals surface area contributed by atoms with Crippen LogP contribution in [0.1, 0.15) is 43.6 Å². The quantitative estimate of drug-likeness (QED) is 0.117. The monoisotopic (exact) mass is 541 g/mol. The van der Waals surface area contributed by atoms with Crippen LogP contribution in [-0.4, -0.2) is 30.6 Å². The Bertz CT molecular complexity index is 1510. The number of halogens is 1. The molecule has 0 aliphatic carbocycles. The van der Waals surface area contributed by atoms with Gasteiger partial charge in [-0.25, -0.2) is 10.2 Å². The SMILES string of the molecule is CCOc1cc(/C=N\NC(=O)c2ccccc2NC(=O)c2ccccc2)ccc1OC(=O)c1ccc(Cl)cc1. The molecule has 0 bridgehead atoms. The van der Waals surface area contributed by atoms with Gasteiger partial charge in [0.2, 0.25) is 0 Å². The van der Waals surface area contributed by atoms with Crippen molar-refractivity contribution in [2.45, 2.75) is 6.92 Å². The molecule has 4 aromatic carbocycles. The molecule has 0 aromatic heterocycles. The van der Waals surface area contributed by atoms with E-state index < -0.39 is 11.9 Å². The van der Waals surface area contributed by atoms with E-state index in [1.165, 1.54) is 6.21 Å². The lowest BCUT2D eigenvalue weighted by Gasteiger charge is -2.11. The van der Waals surface area contributed by atoms with Crippen LogP contribution < -0.4 is 20.2 Å². The molecule has 0 radical (unpaired) electrons. The topological polar surface area (TPSA) is 106 Å². The fourth-order valence-electron chi connectivity index (χ4n) is 3.50. The van der Waals surface area contributed by atoms with Crippen LogP contribution >= 0.6 is 11.6 Å². The summed E-state index contributed by atoms with van der Waals surface area (Å²) in [7, 11) is 0. The van der Waals surface area contributed by atoms with E-state index in [0.29, 0.717) is 39.8 Å². The third-order valence-electron chi connectivity index (χ3n) is 5.39. The number of carbonyl (C=O) groups is 3. The molecule has 0 aliphatic heterocycles. The third kappa shape index (κ3) is 7.30. The summed E-state index contributed by atoms with van der Waals surface area (Å²) in [6, 6.07) is 26.6. The summed E-state index contributed by atoms with van der Waals surface area (Å²) in [5.41, 5.74) is 4.47. The Hall–Kier alpha value is -4.95. The maximum absolute atomic E-state index is 12.8. The number of benzene rings is 4. The zero-order chi connectivity index (χ0) is 27.6. The highest BCUT2D eigenvalue weighted by Crippen LogP contribution is 2.29. The number of rotatable bonds is 9. The summed E-state index contributed by atoms with van der Waals surface area (Å²) in [6.07, 6.45) is 1.43. The van der Waals surface area contributed by atoms with Crippen LogP contribution in [0.25, 0.3) is 0 Å². The molecule has 4 aromatic rings. The van der Waals surface area contributed by atoms with Gasteiger partial charge in [-0.2, -0.15) is 5.10 Å². The largest absolute Gasteiger partial charge is 0.490 e. The van der Waals surface area contributed by atoms with Crippen molar-refractivity contribution in [3.63, 3.8) is 0 Å². The van der Waals surface area contributed by atoms with Crippen LogP contribution in [0.4, 0.5) is 5.69 Å². The average molecular weight is 542 g/mol. The summed E-state index contributed by atoms with van der Waals surface area (Å²) < 4.78 is 11.1. The van der Waals surface area contributed by atoms with Crippen LogP contribution in [-0.2, 0) is 0 Å². The molecule has 0 saturated heterocycles. The first-order valence-corrected chi connectivity index (χ1v) is 12.4. The lowest BCUT2D eigenvalue weighted by Crippen LogP contribution is -2.21. The van der Waals surface area contributed by atoms with Gasteiger partial charge < -0.3 is 14.8 Å². The first-order valence-electron chi connectivity index (χ1n) is 12.0. The second kappa shape index (κ2) is 13.0. The van der Waals surface area contributed by atoms with Crippen LogP contribution in [0.5, 0.6) is 11.5 Å². The van der Waals surface area contributed by atoms with Gasteiger partial charge in [-0.1, -0.05) is 41.9 Å². The highest BCUT2D eigenvalue weighted by atomic mass is 35.5. The van der Waals surface area contributed by atoms with E-state index in [9.17, 15) is 14.4 Å². The lowest BCUT2D eigenvalue weighted by molar-refractivity contribution is 0.0728. The van der Waals surface area contributed by atoms with Crippen molar-refractivity contribution < 1.29 is 23.9 Å². The Morgan fingerprint density at radius 2 is 1.54 bits per heavy atom. The number of ether oxygens (including phenoxy) is 2. The van der Waals surface area contributed by atoms with Gasteiger partial charge in [0.15, 0.2) is 11.5 Å². The summed E-state index contributed by atoms with van der Waals surface area (Å²) in [5, 5.41) is 7.30. The van der Waals surface area contributed by atoms with Gasteiger partial charge in [0, 0.05) is 10.6 Å². The zero-order valence-corrected chi connectivity index (χ0v) is 21.6. The van der Waals surface area contributed by atoms with E-state index in [1.54, 1.807) is 97.9 Å². The summed E-state index contributed by atoms with van der Waals surface area (Å²) in [5.74, 6) is -0.821. The van der Waals surface area contributed by atoms with Crippen LogP contribution in [0.2, 0.25) is 5.02 Å². The van der Waals surface area contributed by atoms with Crippen molar-refractivity contribution in [1.82, 2.24) is 5.43 Å². The second-order valence-electron chi connectivity index (χ2n) is 8.10. The Morgan fingerprint density at radius 1 is 0.821 bits per heavy atom. The van der Waals surface area contributed by atoms with Gasteiger partial charge in [0.1, 0.15) is 0 Å². The predicted molar refractivity (Wildman–Crippen MR) is 150 cm³/mol. The number of para-hydroxylation sites is 1. The molecule has 2 N–H and O–H groups in total. The molecule has 4 rings (SSSR count). The molecule has 0 unspecified atom stereocenters. The maximum atomic E-state index is 12.8. The minimum Gasteiger partial charge on any atom is -0.490 e. The Morgan fingerprint density at radius 3 is 2.28 bits per heavy atom. The Kier molecular flexibility index (Phi) is 9.05. The number of nitrogens with zero attached hydrogens (tertiary/aromatic N) is 1. The molecule has 8 nitrogen and oxygen atoms in total. The summed E-state index contributed by atoms with van der Waals surface area (Å²) in [6.45, 7) is 2.15. The molecular formula is C30H24ClN3O5. The number of hydrazone groups is 1. The van der Waals surface area contributed by atoms with Crippen LogP contribution in [0.15, 0.2) is 102 Å². The van der Waals surface area contributed by atoms with Crippen molar-refractivity contribution in [2.24, 2.45) is 5.10 Å². The molecule has 9 heteroatoms. The number of nitrogens with one attached hydrogen (secondary N) is 2. The number of carbonyl (C=O) groups excluding carboxylic acids is 3. The molecule has 0 saturated carbocycles. The summed E-state index contributed by atoms with van der Waals surface area (Å²) in [4.78, 5) is 37.9. The molecule has 2 amide bonds.